The highest BCUT2D eigenvalue weighted by Gasteiger charge is 2.17. The number of hydrogen-bond acceptors (Lipinski definition) is 8. The first-order valence-corrected chi connectivity index (χ1v) is 9.52. The highest BCUT2D eigenvalue weighted by molar-refractivity contribution is 6.42. The minimum atomic E-state index is -0.681. The number of benzene rings is 1. The van der Waals surface area contributed by atoms with Crippen LogP contribution in [0.2, 0.25) is 10.0 Å². The van der Waals surface area contributed by atoms with Crippen LogP contribution in [0.4, 0.5) is 5.82 Å². The molecule has 2 aromatic heterocycles. The maximum absolute atomic E-state index is 11.4. The summed E-state index contributed by atoms with van der Waals surface area (Å²) in [5.74, 6) is 0.410. The number of hydrogen-bond donors (Lipinski definition) is 2. The van der Waals surface area contributed by atoms with Gasteiger partial charge >= 0.3 is 5.97 Å². The molecular formula is C18H20Cl2N6O3. The van der Waals surface area contributed by atoms with Crippen LogP contribution in [0.5, 0.6) is 5.75 Å². The van der Waals surface area contributed by atoms with E-state index in [1.165, 1.54) is 13.4 Å². The molecule has 154 valence electrons. The number of esters is 1. The minimum Gasteiger partial charge on any atom is -0.493 e. The van der Waals surface area contributed by atoms with Crippen LogP contribution in [-0.4, -0.2) is 45.2 Å². The van der Waals surface area contributed by atoms with Gasteiger partial charge in [-0.05, 0) is 25.0 Å². The summed E-state index contributed by atoms with van der Waals surface area (Å²) in [6.45, 7) is 0.665. The minimum absolute atomic E-state index is 0.296. The molecule has 9 nitrogen and oxygen atoms in total. The molecule has 4 N–H and O–H groups in total. The number of halogens is 2. The summed E-state index contributed by atoms with van der Waals surface area (Å²) in [5, 5.41) is 0.777. The van der Waals surface area contributed by atoms with Gasteiger partial charge in [-0.1, -0.05) is 23.2 Å². The maximum Gasteiger partial charge on any atom is 0.322 e. The van der Waals surface area contributed by atoms with E-state index in [0.29, 0.717) is 64.3 Å². The molecule has 0 unspecified atom stereocenters. The number of rotatable bonds is 8. The Kier molecular flexibility index (Phi) is 6.73. The molecule has 0 aliphatic carbocycles. The fourth-order valence-corrected chi connectivity index (χ4v) is 3.19. The van der Waals surface area contributed by atoms with Crippen molar-refractivity contribution in [3.05, 3.63) is 40.4 Å². The largest absolute Gasteiger partial charge is 0.493 e. The third-order valence-corrected chi connectivity index (χ3v) is 5.18. The van der Waals surface area contributed by atoms with Gasteiger partial charge in [-0.3, -0.25) is 4.79 Å². The number of nitrogen functional groups attached to an aromatic ring is 1. The van der Waals surface area contributed by atoms with E-state index >= 15 is 0 Å². The normalized spacial score (nSPS) is 12.1. The lowest BCUT2D eigenvalue weighted by molar-refractivity contribution is -0.142. The fourth-order valence-electron chi connectivity index (χ4n) is 2.80. The number of imidazole rings is 1. The standard InChI is InChI=1S/C18H20Cl2N6O3/c1-28-18(27)12(21)3-2-6-29-13-5-4-11(19)14(20)10(13)7-26-9-25-15-16(22)23-8-24-17(15)26/h4-5,8-9,12H,2-3,6-7,21H2,1H3,(H2,22,23,24)/t12-/m1/s1. The van der Waals surface area contributed by atoms with Crippen molar-refractivity contribution in [2.75, 3.05) is 19.5 Å². The fraction of sp³-hybridized carbons (Fsp3) is 0.333. The Morgan fingerprint density at radius 3 is 2.83 bits per heavy atom. The van der Waals surface area contributed by atoms with Crippen LogP contribution >= 0.6 is 23.2 Å². The smallest absolute Gasteiger partial charge is 0.322 e. The summed E-state index contributed by atoms with van der Waals surface area (Å²) in [5.41, 5.74) is 13.3. The van der Waals surface area contributed by atoms with Gasteiger partial charge in [-0.25, -0.2) is 15.0 Å². The lowest BCUT2D eigenvalue weighted by atomic mass is 10.1. The molecule has 0 amide bonds. The SMILES string of the molecule is COC(=O)[C@H](N)CCCOc1ccc(Cl)c(Cl)c1Cn1cnc2c(N)ncnc21. The summed E-state index contributed by atoms with van der Waals surface area (Å²) in [4.78, 5) is 23.8. The van der Waals surface area contributed by atoms with Crippen LogP contribution in [0.3, 0.4) is 0 Å². The molecule has 0 radical (unpaired) electrons. The van der Waals surface area contributed by atoms with Crippen molar-refractivity contribution in [1.29, 1.82) is 0 Å². The summed E-state index contributed by atoms with van der Waals surface area (Å²) in [6.07, 6.45) is 3.98. The van der Waals surface area contributed by atoms with Gasteiger partial charge in [-0.2, -0.15) is 0 Å². The van der Waals surface area contributed by atoms with Gasteiger partial charge in [0.05, 0.1) is 36.6 Å². The van der Waals surface area contributed by atoms with Crippen molar-refractivity contribution in [3.8, 4) is 5.75 Å². The van der Waals surface area contributed by atoms with E-state index in [4.69, 9.17) is 39.4 Å². The molecule has 0 spiro atoms. The molecule has 0 aliphatic rings. The number of nitrogens with two attached hydrogens (primary N) is 2. The average Bonchev–Trinajstić information content (AvgIpc) is 3.13. The Bertz CT molecular complexity index is 1030. The molecule has 3 rings (SSSR count). The van der Waals surface area contributed by atoms with E-state index in [9.17, 15) is 4.79 Å². The summed E-state index contributed by atoms with van der Waals surface area (Å²) < 4.78 is 12.3. The Hall–Kier alpha value is -2.62. The second-order valence-electron chi connectivity index (χ2n) is 6.26. The quantitative estimate of drug-likeness (QED) is 0.404. The van der Waals surface area contributed by atoms with Crippen molar-refractivity contribution in [2.45, 2.75) is 25.4 Å². The van der Waals surface area contributed by atoms with Crippen molar-refractivity contribution in [3.63, 3.8) is 0 Å². The predicted molar refractivity (Wildman–Crippen MR) is 110 cm³/mol. The topological polar surface area (TPSA) is 131 Å². The van der Waals surface area contributed by atoms with E-state index in [1.807, 2.05) is 0 Å². The molecule has 3 aromatic rings. The molecular weight excluding hydrogens is 419 g/mol. The predicted octanol–water partition coefficient (Wildman–Crippen LogP) is 2.42. The number of methoxy groups -OCH3 is 1. The van der Waals surface area contributed by atoms with Gasteiger partial charge in [0.1, 0.15) is 23.6 Å². The Labute approximate surface area is 176 Å². The molecule has 1 atom stereocenters. The Balaban J connectivity index is 1.77. The monoisotopic (exact) mass is 438 g/mol. The number of carbonyl (C=O) groups is 1. The molecule has 0 fully saturated rings. The summed E-state index contributed by atoms with van der Waals surface area (Å²) in [6, 6.07) is 2.72. The van der Waals surface area contributed by atoms with Crippen LogP contribution in [0.15, 0.2) is 24.8 Å². The maximum atomic E-state index is 11.4. The second kappa shape index (κ2) is 9.25. The van der Waals surface area contributed by atoms with E-state index in [1.54, 1.807) is 23.0 Å². The average molecular weight is 439 g/mol. The van der Waals surface area contributed by atoms with Gasteiger partial charge in [0, 0.05) is 5.56 Å². The highest BCUT2D eigenvalue weighted by Crippen LogP contribution is 2.34. The van der Waals surface area contributed by atoms with Crippen LogP contribution < -0.4 is 16.2 Å². The first-order valence-electron chi connectivity index (χ1n) is 8.76. The van der Waals surface area contributed by atoms with Crippen LogP contribution in [0.1, 0.15) is 18.4 Å². The van der Waals surface area contributed by atoms with Gasteiger partial charge in [0.2, 0.25) is 0 Å². The highest BCUT2D eigenvalue weighted by atomic mass is 35.5. The summed E-state index contributed by atoms with van der Waals surface area (Å²) in [7, 11) is 1.30. The zero-order chi connectivity index (χ0) is 21.0. The van der Waals surface area contributed by atoms with Crippen LogP contribution in [0.25, 0.3) is 11.2 Å². The van der Waals surface area contributed by atoms with E-state index < -0.39 is 12.0 Å². The molecule has 0 bridgehead atoms. The summed E-state index contributed by atoms with van der Waals surface area (Å²) >= 11 is 12.6. The molecule has 0 saturated carbocycles. The second-order valence-corrected chi connectivity index (χ2v) is 7.05. The molecule has 2 heterocycles. The Morgan fingerprint density at radius 1 is 1.28 bits per heavy atom. The van der Waals surface area contributed by atoms with E-state index in [0.717, 1.165) is 0 Å². The number of aromatic nitrogens is 4. The molecule has 1 aromatic carbocycles. The number of anilines is 1. The van der Waals surface area contributed by atoms with Crippen LogP contribution in [-0.2, 0) is 16.1 Å². The zero-order valence-electron chi connectivity index (χ0n) is 15.6. The van der Waals surface area contributed by atoms with Crippen molar-refractivity contribution >= 4 is 46.2 Å². The number of nitrogens with zero attached hydrogens (tertiary/aromatic N) is 4. The van der Waals surface area contributed by atoms with Gasteiger partial charge < -0.3 is 25.5 Å². The first-order chi connectivity index (χ1) is 13.9. The lowest BCUT2D eigenvalue weighted by Crippen LogP contribution is -2.31. The van der Waals surface area contributed by atoms with Crippen molar-refractivity contribution in [1.82, 2.24) is 19.5 Å². The van der Waals surface area contributed by atoms with Crippen LogP contribution in [0, 0.1) is 0 Å². The third kappa shape index (κ3) is 4.69. The number of carbonyl (C=O) groups excluding carboxylic acids is 1. The molecule has 11 heteroatoms. The molecule has 29 heavy (non-hydrogen) atoms. The van der Waals surface area contributed by atoms with Gasteiger partial charge in [0.25, 0.3) is 0 Å². The molecule has 0 aliphatic heterocycles. The number of fused-ring (bicyclic) bond motifs is 1. The van der Waals surface area contributed by atoms with E-state index in [-0.39, 0.29) is 0 Å². The van der Waals surface area contributed by atoms with Gasteiger partial charge in [0.15, 0.2) is 11.5 Å². The number of ether oxygens (including phenoxy) is 2. The lowest BCUT2D eigenvalue weighted by Gasteiger charge is -2.15. The zero-order valence-corrected chi connectivity index (χ0v) is 17.2. The molecule has 0 saturated heterocycles. The van der Waals surface area contributed by atoms with E-state index in [2.05, 4.69) is 19.7 Å². The van der Waals surface area contributed by atoms with Crippen molar-refractivity contribution in [2.24, 2.45) is 5.73 Å². The Morgan fingerprint density at radius 2 is 2.07 bits per heavy atom. The van der Waals surface area contributed by atoms with Gasteiger partial charge in [-0.15, -0.1) is 0 Å². The van der Waals surface area contributed by atoms with Crippen molar-refractivity contribution < 1.29 is 14.3 Å². The first kappa shape index (κ1) is 21.1. The third-order valence-electron chi connectivity index (χ3n) is 4.33.